The number of guanidine groups is 1. The molecule has 29 heavy (non-hydrogen) atoms. The van der Waals surface area contributed by atoms with Gasteiger partial charge in [-0.25, -0.2) is 0 Å². The lowest BCUT2D eigenvalue weighted by Crippen LogP contribution is -2.49. The molecule has 1 heterocycles. The summed E-state index contributed by atoms with van der Waals surface area (Å²) in [6, 6.07) is 8.18. The summed E-state index contributed by atoms with van der Waals surface area (Å²) in [5.74, 6) is 1.54. The fourth-order valence-corrected chi connectivity index (χ4v) is 3.61. The first kappa shape index (κ1) is 26.0. The molecule has 0 radical (unpaired) electrons. The van der Waals surface area contributed by atoms with Crippen LogP contribution in [0.4, 0.5) is 0 Å². The Bertz CT molecular complexity index is 612. The molecule has 0 bridgehead atoms. The van der Waals surface area contributed by atoms with E-state index in [1.807, 2.05) is 38.1 Å². The standard InChI is InChI=1S/C22H38N4O2.HI/c1-5-23-22(24-15-19-11-7-8-13-26(19)6-2)25-16-21(27)18-10-9-12-20(14-18)28-17(3)4;/h9-10,12,14,17,19,21,27H,5-8,11,13,15-16H2,1-4H3,(H2,23,24,25);1H. The topological polar surface area (TPSA) is 69.1 Å². The number of aliphatic imine (C=N–C) groups is 1. The third-order valence-electron chi connectivity index (χ3n) is 5.04. The molecular formula is C22H39IN4O2. The summed E-state index contributed by atoms with van der Waals surface area (Å²) in [6.45, 7) is 12.5. The third kappa shape index (κ3) is 9.09. The minimum Gasteiger partial charge on any atom is -0.491 e. The fourth-order valence-electron chi connectivity index (χ4n) is 3.61. The molecule has 1 saturated heterocycles. The van der Waals surface area contributed by atoms with Gasteiger partial charge in [0.05, 0.1) is 18.8 Å². The molecule has 1 aliphatic rings. The first-order valence-corrected chi connectivity index (χ1v) is 10.7. The summed E-state index contributed by atoms with van der Waals surface area (Å²) >= 11 is 0. The molecule has 6 nitrogen and oxygen atoms in total. The van der Waals surface area contributed by atoms with Gasteiger partial charge in [0.2, 0.25) is 0 Å². The van der Waals surface area contributed by atoms with Crippen LogP contribution in [0.25, 0.3) is 0 Å². The van der Waals surface area contributed by atoms with Gasteiger partial charge in [0, 0.05) is 19.1 Å². The highest BCUT2D eigenvalue weighted by Gasteiger charge is 2.21. The van der Waals surface area contributed by atoms with E-state index in [9.17, 15) is 5.11 Å². The second kappa shape index (κ2) is 14.0. The predicted molar refractivity (Wildman–Crippen MR) is 131 cm³/mol. The quantitative estimate of drug-likeness (QED) is 0.265. The molecule has 3 N–H and O–H groups in total. The van der Waals surface area contributed by atoms with Crippen molar-refractivity contribution in [2.75, 3.05) is 32.7 Å². The van der Waals surface area contributed by atoms with Crippen molar-refractivity contribution in [2.24, 2.45) is 4.99 Å². The zero-order valence-corrected chi connectivity index (χ0v) is 20.7. The van der Waals surface area contributed by atoms with E-state index < -0.39 is 6.10 Å². The Morgan fingerprint density at radius 3 is 2.76 bits per heavy atom. The van der Waals surface area contributed by atoms with Gasteiger partial charge >= 0.3 is 0 Å². The number of piperidine rings is 1. The molecule has 7 heteroatoms. The fraction of sp³-hybridized carbons (Fsp3) is 0.682. The van der Waals surface area contributed by atoms with Crippen molar-refractivity contribution in [1.82, 2.24) is 15.5 Å². The Hall–Kier alpha value is -1.06. The van der Waals surface area contributed by atoms with Crippen LogP contribution < -0.4 is 15.4 Å². The van der Waals surface area contributed by atoms with E-state index in [1.54, 1.807) is 0 Å². The first-order valence-electron chi connectivity index (χ1n) is 10.7. The van der Waals surface area contributed by atoms with Gasteiger partial charge in [-0.3, -0.25) is 9.89 Å². The van der Waals surface area contributed by atoms with Crippen LogP contribution in [0, 0.1) is 0 Å². The van der Waals surface area contributed by atoms with E-state index in [0.717, 1.165) is 36.9 Å². The summed E-state index contributed by atoms with van der Waals surface area (Å²) in [4.78, 5) is 7.14. The monoisotopic (exact) mass is 518 g/mol. The highest BCUT2D eigenvalue weighted by Crippen LogP contribution is 2.20. The van der Waals surface area contributed by atoms with E-state index in [2.05, 4.69) is 34.4 Å². The molecule has 0 aliphatic carbocycles. The number of ether oxygens (including phenoxy) is 1. The van der Waals surface area contributed by atoms with Gasteiger partial charge < -0.3 is 20.5 Å². The van der Waals surface area contributed by atoms with Crippen LogP contribution in [0.1, 0.15) is 58.6 Å². The summed E-state index contributed by atoms with van der Waals surface area (Å²) in [5.41, 5.74) is 0.821. The zero-order chi connectivity index (χ0) is 20.4. The number of nitrogens with one attached hydrogen (secondary N) is 2. The van der Waals surface area contributed by atoms with E-state index in [1.165, 1.54) is 25.8 Å². The third-order valence-corrected chi connectivity index (χ3v) is 5.04. The SMILES string of the molecule is CCNC(=NCC(O)c1cccc(OC(C)C)c1)NCC1CCCCN1CC.I. The van der Waals surface area contributed by atoms with Crippen molar-refractivity contribution in [3.63, 3.8) is 0 Å². The number of halogens is 1. The molecule has 1 fully saturated rings. The second-order valence-electron chi connectivity index (χ2n) is 7.63. The van der Waals surface area contributed by atoms with Gasteiger partial charge in [-0.05, 0) is 64.4 Å². The maximum atomic E-state index is 10.6. The predicted octanol–water partition coefficient (Wildman–Crippen LogP) is 3.55. The molecular weight excluding hydrogens is 479 g/mol. The molecule has 2 atom stereocenters. The Morgan fingerprint density at radius 1 is 1.28 bits per heavy atom. The van der Waals surface area contributed by atoms with Crippen molar-refractivity contribution in [3.05, 3.63) is 29.8 Å². The number of nitrogens with zero attached hydrogens (tertiary/aromatic N) is 2. The molecule has 1 aromatic rings. The number of hydrogen-bond donors (Lipinski definition) is 3. The molecule has 1 aliphatic heterocycles. The highest BCUT2D eigenvalue weighted by molar-refractivity contribution is 14.0. The van der Waals surface area contributed by atoms with E-state index in [-0.39, 0.29) is 30.1 Å². The smallest absolute Gasteiger partial charge is 0.191 e. The number of likely N-dealkylation sites (tertiary alicyclic amines) is 1. The van der Waals surface area contributed by atoms with Gasteiger partial charge in [-0.1, -0.05) is 25.5 Å². The van der Waals surface area contributed by atoms with E-state index in [0.29, 0.717) is 12.6 Å². The lowest BCUT2D eigenvalue weighted by molar-refractivity contribution is 0.157. The highest BCUT2D eigenvalue weighted by atomic mass is 127. The number of aliphatic hydroxyl groups is 1. The van der Waals surface area contributed by atoms with Crippen molar-refractivity contribution >= 4 is 29.9 Å². The van der Waals surface area contributed by atoms with Crippen LogP contribution in [0.3, 0.4) is 0 Å². The molecule has 1 aromatic carbocycles. The number of benzene rings is 1. The summed E-state index contributed by atoms with van der Waals surface area (Å²) in [5, 5.41) is 17.3. The van der Waals surface area contributed by atoms with Gasteiger partial charge in [-0.15, -0.1) is 24.0 Å². The Morgan fingerprint density at radius 2 is 2.07 bits per heavy atom. The first-order chi connectivity index (χ1) is 13.5. The molecule has 0 saturated carbocycles. The van der Waals surface area contributed by atoms with Crippen LogP contribution in [-0.2, 0) is 0 Å². The maximum Gasteiger partial charge on any atom is 0.191 e. The van der Waals surface area contributed by atoms with Crippen LogP contribution in [0.5, 0.6) is 5.75 Å². The number of aliphatic hydroxyl groups excluding tert-OH is 1. The molecule has 0 amide bonds. The Balaban J connectivity index is 0.00000420. The van der Waals surface area contributed by atoms with Crippen molar-refractivity contribution in [3.8, 4) is 5.75 Å². The van der Waals surface area contributed by atoms with Crippen molar-refractivity contribution in [1.29, 1.82) is 0 Å². The van der Waals surface area contributed by atoms with Crippen molar-refractivity contribution < 1.29 is 9.84 Å². The Kier molecular flexibility index (Phi) is 12.6. The summed E-state index contributed by atoms with van der Waals surface area (Å²) in [6.07, 6.45) is 3.27. The van der Waals surface area contributed by atoms with Crippen molar-refractivity contribution in [2.45, 2.75) is 65.2 Å². The lowest BCUT2D eigenvalue weighted by atomic mass is 10.0. The average Bonchev–Trinajstić information content (AvgIpc) is 2.69. The van der Waals surface area contributed by atoms with Gasteiger partial charge in [0.25, 0.3) is 0 Å². The summed E-state index contributed by atoms with van der Waals surface area (Å²) in [7, 11) is 0. The normalized spacial score (nSPS) is 18.8. The van der Waals surface area contributed by atoms with E-state index >= 15 is 0 Å². The largest absolute Gasteiger partial charge is 0.491 e. The Labute approximate surface area is 193 Å². The van der Waals surface area contributed by atoms with Gasteiger partial charge in [-0.2, -0.15) is 0 Å². The minimum absolute atomic E-state index is 0. The number of rotatable bonds is 9. The van der Waals surface area contributed by atoms with Gasteiger partial charge in [0.1, 0.15) is 5.75 Å². The molecule has 0 aromatic heterocycles. The summed E-state index contributed by atoms with van der Waals surface area (Å²) < 4.78 is 5.72. The van der Waals surface area contributed by atoms with Crippen LogP contribution >= 0.6 is 24.0 Å². The second-order valence-corrected chi connectivity index (χ2v) is 7.63. The molecule has 2 unspecified atom stereocenters. The molecule has 166 valence electrons. The van der Waals surface area contributed by atoms with Gasteiger partial charge in [0.15, 0.2) is 5.96 Å². The van der Waals surface area contributed by atoms with Crippen LogP contribution in [0.15, 0.2) is 29.3 Å². The number of likely N-dealkylation sites (N-methyl/N-ethyl adjacent to an activating group) is 1. The minimum atomic E-state index is -0.659. The van der Waals surface area contributed by atoms with Crippen LogP contribution in [-0.4, -0.2) is 60.8 Å². The number of hydrogen-bond acceptors (Lipinski definition) is 4. The lowest BCUT2D eigenvalue weighted by Gasteiger charge is -2.35. The van der Waals surface area contributed by atoms with Crippen LogP contribution in [0.2, 0.25) is 0 Å². The molecule has 2 rings (SSSR count). The van der Waals surface area contributed by atoms with E-state index in [4.69, 9.17) is 4.74 Å². The average molecular weight is 518 g/mol. The maximum absolute atomic E-state index is 10.6. The zero-order valence-electron chi connectivity index (χ0n) is 18.4. The molecule has 0 spiro atoms.